The molecule has 1 heterocycles. The smallest absolute Gasteiger partial charge is 0.171 e. The highest BCUT2D eigenvalue weighted by atomic mass is 35.5. The van der Waals surface area contributed by atoms with Crippen molar-refractivity contribution in [2.24, 2.45) is 22.7 Å². The van der Waals surface area contributed by atoms with Crippen molar-refractivity contribution in [1.29, 1.82) is 0 Å². The fourth-order valence-corrected chi connectivity index (χ4v) is 2.36. The molecule has 0 aliphatic carbocycles. The van der Waals surface area contributed by atoms with Gasteiger partial charge in [-0.2, -0.15) is 0 Å². The van der Waals surface area contributed by atoms with Gasteiger partial charge in [0, 0.05) is 24.8 Å². The van der Waals surface area contributed by atoms with E-state index in [0.717, 1.165) is 13.1 Å². The van der Waals surface area contributed by atoms with Crippen LogP contribution < -0.4 is 10.6 Å². The highest BCUT2D eigenvalue weighted by molar-refractivity contribution is 6.36. The van der Waals surface area contributed by atoms with Crippen molar-refractivity contribution in [3.8, 4) is 0 Å². The molecule has 6 heteroatoms. The number of pyridine rings is 1. The lowest BCUT2D eigenvalue weighted by molar-refractivity contribution is 0.318. The number of hydrogen-bond donors (Lipinski definition) is 2. The molecule has 3 N–H and O–H groups in total. The Labute approximate surface area is 125 Å². The zero-order chi connectivity index (χ0) is 15.3. The monoisotopic (exact) mass is 298 g/mol. The molecule has 0 aliphatic rings. The second-order valence-electron chi connectivity index (χ2n) is 5.67. The van der Waals surface area contributed by atoms with Gasteiger partial charge in [0.25, 0.3) is 0 Å². The Morgan fingerprint density at radius 2 is 1.90 bits per heavy atom. The summed E-state index contributed by atoms with van der Waals surface area (Å²) in [6, 6.07) is 1.64. The molecule has 1 aromatic heterocycles. The van der Waals surface area contributed by atoms with Crippen molar-refractivity contribution in [3.05, 3.63) is 22.8 Å². The van der Waals surface area contributed by atoms with Crippen molar-refractivity contribution in [1.82, 2.24) is 4.98 Å². The van der Waals surface area contributed by atoms with Crippen molar-refractivity contribution < 1.29 is 5.21 Å². The third-order valence-corrected chi connectivity index (χ3v) is 3.10. The number of oxime groups is 1. The maximum absolute atomic E-state index is 8.80. The van der Waals surface area contributed by atoms with E-state index in [2.05, 4.69) is 42.7 Å². The number of aromatic nitrogens is 1. The van der Waals surface area contributed by atoms with E-state index in [9.17, 15) is 0 Å². The first-order valence-electron chi connectivity index (χ1n) is 6.74. The van der Waals surface area contributed by atoms with Crippen LogP contribution in [0.15, 0.2) is 17.4 Å². The van der Waals surface area contributed by atoms with Crippen molar-refractivity contribution in [2.75, 3.05) is 18.0 Å². The van der Waals surface area contributed by atoms with Crippen LogP contribution in [0.1, 0.15) is 33.3 Å². The number of halogens is 1. The van der Waals surface area contributed by atoms with Crippen molar-refractivity contribution in [3.63, 3.8) is 0 Å². The predicted octanol–water partition coefficient (Wildman–Crippen LogP) is 2.95. The quantitative estimate of drug-likeness (QED) is 0.366. The zero-order valence-electron chi connectivity index (χ0n) is 12.5. The third-order valence-electron chi connectivity index (χ3n) is 2.73. The lowest BCUT2D eigenvalue weighted by atomic mass is 10.1. The molecule has 5 nitrogen and oxygen atoms in total. The highest BCUT2D eigenvalue weighted by Gasteiger charge is 2.18. The van der Waals surface area contributed by atoms with Crippen LogP contribution in [-0.4, -0.2) is 29.1 Å². The minimum Gasteiger partial charge on any atom is -0.409 e. The number of hydrogen-bond acceptors (Lipinski definition) is 4. The van der Waals surface area contributed by atoms with E-state index < -0.39 is 0 Å². The minimum absolute atomic E-state index is 0.00676. The van der Waals surface area contributed by atoms with Crippen LogP contribution in [0.25, 0.3) is 0 Å². The second-order valence-corrected chi connectivity index (χ2v) is 6.05. The van der Waals surface area contributed by atoms with E-state index in [-0.39, 0.29) is 5.84 Å². The van der Waals surface area contributed by atoms with Gasteiger partial charge in [-0.1, -0.05) is 44.5 Å². The minimum atomic E-state index is -0.00676. The molecule has 0 unspecified atom stereocenters. The summed E-state index contributed by atoms with van der Waals surface area (Å²) >= 11 is 6.37. The molecule has 20 heavy (non-hydrogen) atoms. The molecule has 0 atom stereocenters. The standard InChI is InChI=1S/C14H23ClN4O/c1-9(2)7-19(8-10(3)4)14-12(15)11(5-6-17-14)13(16)18-20/h5-6,9-10,20H,7-8H2,1-4H3,(H2,16,18). The fourth-order valence-electron chi connectivity index (χ4n) is 2.03. The molecule has 0 radical (unpaired) electrons. The summed E-state index contributed by atoms with van der Waals surface area (Å²) in [5, 5.41) is 12.2. The van der Waals surface area contributed by atoms with Gasteiger partial charge in [0.1, 0.15) is 5.82 Å². The van der Waals surface area contributed by atoms with Gasteiger partial charge >= 0.3 is 0 Å². The number of nitrogens with two attached hydrogens (primary N) is 1. The molecule has 0 fully saturated rings. The number of nitrogens with zero attached hydrogens (tertiary/aromatic N) is 3. The van der Waals surface area contributed by atoms with E-state index in [4.69, 9.17) is 22.5 Å². The summed E-state index contributed by atoms with van der Waals surface area (Å²) in [7, 11) is 0. The van der Waals surface area contributed by atoms with Crippen LogP contribution in [0.4, 0.5) is 5.82 Å². The first kappa shape index (κ1) is 16.6. The van der Waals surface area contributed by atoms with Gasteiger partial charge in [0.2, 0.25) is 0 Å². The average Bonchev–Trinajstić information content (AvgIpc) is 2.36. The Kier molecular flexibility index (Phi) is 6.07. The van der Waals surface area contributed by atoms with Crippen LogP contribution in [0.2, 0.25) is 5.02 Å². The highest BCUT2D eigenvalue weighted by Crippen LogP contribution is 2.28. The van der Waals surface area contributed by atoms with Gasteiger partial charge in [-0.3, -0.25) is 0 Å². The Morgan fingerprint density at radius 3 is 2.35 bits per heavy atom. The molecule has 0 bridgehead atoms. The molecule has 0 spiro atoms. The summed E-state index contributed by atoms with van der Waals surface area (Å²) < 4.78 is 0. The van der Waals surface area contributed by atoms with Crippen LogP contribution >= 0.6 is 11.6 Å². The first-order chi connectivity index (χ1) is 9.36. The van der Waals surface area contributed by atoms with Crippen LogP contribution in [0.5, 0.6) is 0 Å². The summed E-state index contributed by atoms with van der Waals surface area (Å²) in [4.78, 5) is 6.51. The van der Waals surface area contributed by atoms with E-state index >= 15 is 0 Å². The Morgan fingerprint density at radius 1 is 1.35 bits per heavy atom. The maximum Gasteiger partial charge on any atom is 0.171 e. The van der Waals surface area contributed by atoms with E-state index in [1.54, 1.807) is 12.3 Å². The summed E-state index contributed by atoms with van der Waals surface area (Å²) in [5.41, 5.74) is 6.13. The van der Waals surface area contributed by atoms with Crippen LogP contribution in [0.3, 0.4) is 0 Å². The normalized spacial score (nSPS) is 12.2. The fraction of sp³-hybridized carbons (Fsp3) is 0.571. The molecule has 0 saturated heterocycles. The first-order valence-corrected chi connectivity index (χ1v) is 7.12. The van der Waals surface area contributed by atoms with Crippen LogP contribution in [0, 0.1) is 11.8 Å². The molecule has 0 aromatic carbocycles. The van der Waals surface area contributed by atoms with Gasteiger partial charge in [0.05, 0.1) is 5.02 Å². The second kappa shape index (κ2) is 7.33. The lowest BCUT2D eigenvalue weighted by Gasteiger charge is -2.28. The molecular weight excluding hydrogens is 276 g/mol. The Bertz CT molecular complexity index is 464. The predicted molar refractivity (Wildman–Crippen MR) is 83.6 cm³/mol. The van der Waals surface area contributed by atoms with Gasteiger partial charge in [-0.25, -0.2) is 4.98 Å². The number of amidine groups is 1. The number of anilines is 1. The summed E-state index contributed by atoms with van der Waals surface area (Å²) in [6.45, 7) is 10.3. The molecule has 112 valence electrons. The Hall–Kier alpha value is -1.49. The van der Waals surface area contributed by atoms with Crippen LogP contribution in [-0.2, 0) is 0 Å². The van der Waals surface area contributed by atoms with E-state index in [0.29, 0.717) is 28.2 Å². The lowest BCUT2D eigenvalue weighted by Crippen LogP contribution is -2.32. The molecule has 1 aromatic rings. The van der Waals surface area contributed by atoms with Gasteiger partial charge in [0.15, 0.2) is 5.84 Å². The summed E-state index contributed by atoms with van der Waals surface area (Å²) in [5.74, 6) is 1.64. The third kappa shape index (κ3) is 4.27. The van der Waals surface area contributed by atoms with Crippen molar-refractivity contribution in [2.45, 2.75) is 27.7 Å². The molecule has 0 aliphatic heterocycles. The molecule has 0 amide bonds. The number of rotatable bonds is 6. The molecule has 1 rings (SSSR count). The summed E-state index contributed by atoms with van der Waals surface area (Å²) in [6.07, 6.45) is 1.63. The van der Waals surface area contributed by atoms with Gasteiger partial charge < -0.3 is 15.8 Å². The van der Waals surface area contributed by atoms with Gasteiger partial charge in [-0.15, -0.1) is 0 Å². The maximum atomic E-state index is 8.80. The SMILES string of the molecule is CC(C)CN(CC(C)C)c1nccc(/C(N)=N/O)c1Cl. The molecular formula is C14H23ClN4O. The average molecular weight is 299 g/mol. The van der Waals surface area contributed by atoms with Gasteiger partial charge in [-0.05, 0) is 17.9 Å². The molecule has 0 saturated carbocycles. The van der Waals surface area contributed by atoms with E-state index in [1.165, 1.54) is 0 Å². The topological polar surface area (TPSA) is 74.7 Å². The Balaban J connectivity index is 3.19. The zero-order valence-corrected chi connectivity index (χ0v) is 13.2. The van der Waals surface area contributed by atoms with E-state index in [1.807, 2.05) is 0 Å². The van der Waals surface area contributed by atoms with Crippen molar-refractivity contribution >= 4 is 23.3 Å². The largest absolute Gasteiger partial charge is 0.409 e.